The predicted octanol–water partition coefficient (Wildman–Crippen LogP) is 9.27. The Balaban J connectivity index is 0.00000392. The van der Waals surface area contributed by atoms with Crippen molar-refractivity contribution in [2.24, 2.45) is 0 Å². The van der Waals surface area contributed by atoms with Gasteiger partial charge in [-0.05, 0) is 78.7 Å². The van der Waals surface area contributed by atoms with Crippen molar-refractivity contribution in [2.45, 2.75) is 64.7 Å². The van der Waals surface area contributed by atoms with E-state index in [4.69, 9.17) is 9.97 Å². The topological polar surface area (TPSA) is 36.7 Å². The van der Waals surface area contributed by atoms with Crippen molar-refractivity contribution in [2.75, 3.05) is 11.9 Å². The molecule has 1 aliphatic carbocycles. The third kappa shape index (κ3) is 5.08. The average molecular weight is 836 g/mol. The maximum atomic E-state index is 5.18. The summed E-state index contributed by atoms with van der Waals surface area (Å²) in [6.07, 6.45) is 6.09. The Morgan fingerprint density at radius 2 is 1.44 bits per heavy atom. The second-order valence-electron chi connectivity index (χ2n) is 15.1. The molecule has 8 rings (SSSR count). The SMILES string of the molecule is Cc1nc2cc(C3(c4[c-]c(N5C=CN(C)[CH-]5)ccc4)c4ccccc4-c4ccccc43)[c-]c(C(C)(C)c3cc(C(C)(C)C)ccn3)n2c1C.[Pt]. The third-order valence-electron chi connectivity index (χ3n) is 10.6. The van der Waals surface area contributed by atoms with Crippen LogP contribution in [0, 0.1) is 32.6 Å². The van der Waals surface area contributed by atoms with Gasteiger partial charge in [0.05, 0.1) is 17.0 Å². The molecule has 256 valence electrons. The van der Waals surface area contributed by atoms with Gasteiger partial charge in [0.2, 0.25) is 0 Å². The second kappa shape index (κ2) is 12.1. The van der Waals surface area contributed by atoms with Crippen molar-refractivity contribution in [1.82, 2.24) is 19.3 Å². The molecular formula is C44H42N5Pt-3. The predicted molar refractivity (Wildman–Crippen MR) is 198 cm³/mol. The van der Waals surface area contributed by atoms with Crippen LogP contribution in [0.3, 0.4) is 0 Å². The van der Waals surface area contributed by atoms with Gasteiger partial charge in [-0.3, -0.25) is 9.97 Å². The third-order valence-corrected chi connectivity index (χ3v) is 10.6. The summed E-state index contributed by atoms with van der Waals surface area (Å²) < 4.78 is 2.30. The van der Waals surface area contributed by atoms with Gasteiger partial charge in [-0.15, -0.1) is 11.3 Å². The number of anilines is 1. The molecule has 2 aliphatic rings. The van der Waals surface area contributed by atoms with Crippen molar-refractivity contribution in [3.05, 3.63) is 173 Å². The minimum atomic E-state index is -0.695. The first-order valence-electron chi connectivity index (χ1n) is 17.1. The Hall–Kier alpha value is -4.47. The second-order valence-corrected chi connectivity index (χ2v) is 15.1. The number of rotatable bonds is 5. The fraction of sp³-hybridized carbons (Fsp3) is 0.250. The van der Waals surface area contributed by atoms with Crippen LogP contribution < -0.4 is 4.90 Å². The molecule has 0 fully saturated rings. The molecule has 1 aliphatic heterocycles. The number of aromatic nitrogens is 3. The fourth-order valence-corrected chi connectivity index (χ4v) is 7.74. The summed E-state index contributed by atoms with van der Waals surface area (Å²) in [6.45, 7) is 17.6. The monoisotopic (exact) mass is 835 g/mol. The molecule has 3 aromatic heterocycles. The van der Waals surface area contributed by atoms with Crippen LogP contribution in [0.4, 0.5) is 5.69 Å². The van der Waals surface area contributed by atoms with Crippen LogP contribution in [-0.4, -0.2) is 26.3 Å². The van der Waals surface area contributed by atoms with E-state index in [-0.39, 0.29) is 26.5 Å². The van der Waals surface area contributed by atoms with E-state index in [9.17, 15) is 0 Å². The van der Waals surface area contributed by atoms with Gasteiger partial charge in [0.1, 0.15) is 0 Å². The Morgan fingerprint density at radius 3 is 2.08 bits per heavy atom. The smallest absolute Gasteiger partial charge is 0.0573 e. The van der Waals surface area contributed by atoms with Crippen molar-refractivity contribution < 1.29 is 21.1 Å². The van der Waals surface area contributed by atoms with Gasteiger partial charge in [-0.1, -0.05) is 88.8 Å². The number of fused-ring (bicyclic) bond motifs is 4. The molecule has 0 atom stereocenters. The maximum absolute atomic E-state index is 5.18. The number of benzene rings is 3. The number of hydrogen-bond donors (Lipinski definition) is 0. The Bertz CT molecular complexity index is 2240. The Morgan fingerprint density at radius 1 is 0.760 bits per heavy atom. The summed E-state index contributed by atoms with van der Waals surface area (Å²) in [4.78, 5) is 14.4. The van der Waals surface area contributed by atoms with Crippen LogP contribution in [0.1, 0.15) is 85.2 Å². The van der Waals surface area contributed by atoms with E-state index in [1.165, 1.54) is 27.8 Å². The van der Waals surface area contributed by atoms with Crippen molar-refractivity contribution in [3.63, 3.8) is 0 Å². The quantitative estimate of drug-likeness (QED) is 0.162. The van der Waals surface area contributed by atoms with Crippen molar-refractivity contribution >= 4 is 11.3 Å². The van der Waals surface area contributed by atoms with Crippen molar-refractivity contribution in [1.29, 1.82) is 0 Å². The molecule has 6 heteroatoms. The summed E-state index contributed by atoms with van der Waals surface area (Å²) in [6, 6.07) is 38.9. The minimum absolute atomic E-state index is 0. The first-order chi connectivity index (χ1) is 23.4. The Labute approximate surface area is 311 Å². The van der Waals surface area contributed by atoms with Gasteiger partial charge in [-0.2, -0.15) is 42.6 Å². The maximum Gasteiger partial charge on any atom is 0.0573 e. The molecule has 0 radical (unpaired) electrons. The molecule has 0 saturated heterocycles. The molecule has 0 saturated carbocycles. The average Bonchev–Trinajstić information content (AvgIpc) is 3.76. The zero-order valence-electron chi connectivity index (χ0n) is 29.9. The van der Waals surface area contributed by atoms with Gasteiger partial charge in [0.15, 0.2) is 0 Å². The van der Waals surface area contributed by atoms with Gasteiger partial charge < -0.3 is 14.2 Å². The zero-order chi connectivity index (χ0) is 34.3. The van der Waals surface area contributed by atoms with Crippen molar-refractivity contribution in [3.8, 4) is 11.1 Å². The van der Waals surface area contributed by atoms with Crippen LogP contribution in [-0.2, 0) is 37.3 Å². The van der Waals surface area contributed by atoms with E-state index in [1.807, 2.05) is 13.2 Å². The van der Waals surface area contributed by atoms with Crippen LogP contribution in [0.2, 0.25) is 0 Å². The molecule has 0 bridgehead atoms. The van der Waals surface area contributed by atoms with E-state index in [2.05, 4.69) is 179 Å². The number of aryl methyl sites for hydroxylation is 2. The van der Waals surface area contributed by atoms with Crippen LogP contribution in [0.25, 0.3) is 16.8 Å². The minimum Gasteiger partial charge on any atom is -0.510 e. The molecule has 0 amide bonds. The molecule has 50 heavy (non-hydrogen) atoms. The van der Waals surface area contributed by atoms with Crippen LogP contribution in [0.5, 0.6) is 0 Å². The Kier molecular flexibility index (Phi) is 8.22. The number of hydrogen-bond acceptors (Lipinski definition) is 4. The molecule has 0 N–H and O–H groups in total. The summed E-state index contributed by atoms with van der Waals surface area (Å²) in [5.74, 6) is 0. The first-order valence-corrected chi connectivity index (χ1v) is 17.1. The van der Waals surface area contributed by atoms with E-state index >= 15 is 0 Å². The molecule has 4 heterocycles. The van der Waals surface area contributed by atoms with Gasteiger partial charge in [0, 0.05) is 43.8 Å². The number of nitrogens with zero attached hydrogens (tertiary/aromatic N) is 5. The van der Waals surface area contributed by atoms with E-state index in [1.54, 1.807) is 0 Å². The number of pyridine rings is 2. The van der Waals surface area contributed by atoms with Crippen LogP contribution >= 0.6 is 0 Å². The fourth-order valence-electron chi connectivity index (χ4n) is 7.74. The first kappa shape index (κ1) is 34.0. The molecule has 6 aromatic rings. The molecule has 0 spiro atoms. The molecule has 3 aromatic carbocycles. The molecular weight excluding hydrogens is 794 g/mol. The van der Waals surface area contributed by atoms with Crippen LogP contribution in [0.15, 0.2) is 104 Å². The van der Waals surface area contributed by atoms with Gasteiger partial charge in [-0.25, -0.2) is 6.07 Å². The summed E-state index contributed by atoms with van der Waals surface area (Å²) >= 11 is 0. The zero-order valence-corrected chi connectivity index (χ0v) is 32.2. The standard InChI is InChI=1S/C44H42N5.Pt/c1-29-30(2)49-40(43(6,7)39-25-31(20-21-45-39)42(3,4)5)26-33(27-41(49)46-29)44(32-14-13-15-34(24-32)48-23-22-47(8)28-48)37-18-11-9-16-35(37)36-17-10-12-19-38(36)44;/h9-23,25,27-28H,1-8H3;/q-3;. The van der Waals surface area contributed by atoms with E-state index in [0.717, 1.165) is 45.2 Å². The molecule has 5 nitrogen and oxygen atoms in total. The van der Waals surface area contributed by atoms with E-state index in [0.29, 0.717) is 0 Å². The van der Waals surface area contributed by atoms with Gasteiger partial charge >= 0.3 is 0 Å². The normalized spacial score (nSPS) is 15.0. The van der Waals surface area contributed by atoms with Gasteiger partial charge in [0.25, 0.3) is 0 Å². The summed E-state index contributed by atoms with van der Waals surface area (Å²) in [5, 5.41) is 0. The van der Waals surface area contributed by atoms with E-state index < -0.39 is 10.8 Å². The summed E-state index contributed by atoms with van der Waals surface area (Å²) in [7, 11) is 2.04. The molecule has 0 unspecified atom stereocenters. The largest absolute Gasteiger partial charge is 0.510 e. The summed E-state index contributed by atoms with van der Waals surface area (Å²) in [5.41, 5.74) is 13.1. The number of imidazole rings is 1.